The van der Waals surface area contributed by atoms with Crippen molar-refractivity contribution in [3.05, 3.63) is 42.2 Å². The van der Waals surface area contributed by atoms with Crippen molar-refractivity contribution in [3.63, 3.8) is 0 Å². The van der Waals surface area contributed by atoms with Crippen molar-refractivity contribution >= 4 is 11.7 Å². The monoisotopic (exact) mass is 391 g/mol. The van der Waals surface area contributed by atoms with E-state index in [0.717, 1.165) is 25.2 Å². The molecule has 1 aliphatic rings. The number of nitrogens with one attached hydrogen (secondary N) is 1. The van der Waals surface area contributed by atoms with E-state index >= 15 is 0 Å². The van der Waals surface area contributed by atoms with Gasteiger partial charge in [0, 0.05) is 44.4 Å². The van der Waals surface area contributed by atoms with Crippen molar-refractivity contribution in [3.8, 4) is 11.6 Å². The summed E-state index contributed by atoms with van der Waals surface area (Å²) in [6.45, 7) is 7.12. The molecule has 3 rings (SSSR count). The third-order valence-electron chi connectivity index (χ3n) is 4.25. The first-order valence-electron chi connectivity index (χ1n) is 9.12. The van der Waals surface area contributed by atoms with Crippen molar-refractivity contribution in [2.45, 2.75) is 19.9 Å². The highest BCUT2D eigenvalue weighted by molar-refractivity contribution is 5.78. The first-order chi connectivity index (χ1) is 13.4. The second-order valence-corrected chi connectivity index (χ2v) is 6.88. The van der Waals surface area contributed by atoms with Crippen LogP contribution in [-0.4, -0.2) is 59.5 Å². The third-order valence-corrected chi connectivity index (χ3v) is 4.25. The number of carbonyl (C=O) groups excluding carboxylic acids is 1. The summed E-state index contributed by atoms with van der Waals surface area (Å²) >= 11 is 0. The Balaban J connectivity index is 1.57. The smallest absolute Gasteiger partial charge is 0.234 e. The average molecular weight is 391 g/mol. The molecule has 0 unspecified atom stereocenters. The number of rotatable bonds is 6. The molecule has 7 nitrogen and oxygen atoms in total. The number of ether oxygens (including phenoxy) is 1. The van der Waals surface area contributed by atoms with Crippen LogP contribution >= 0.6 is 0 Å². The second-order valence-electron chi connectivity index (χ2n) is 6.88. The van der Waals surface area contributed by atoms with Gasteiger partial charge >= 0.3 is 0 Å². The van der Waals surface area contributed by atoms with Crippen molar-refractivity contribution < 1.29 is 18.3 Å². The molecule has 0 saturated carbocycles. The maximum Gasteiger partial charge on any atom is 0.234 e. The number of nitrogens with zero attached hydrogens (tertiary/aromatic N) is 4. The van der Waals surface area contributed by atoms with Gasteiger partial charge in [-0.25, -0.2) is 18.7 Å². The van der Waals surface area contributed by atoms with Crippen LogP contribution < -0.4 is 15.0 Å². The van der Waals surface area contributed by atoms with Crippen molar-refractivity contribution in [1.29, 1.82) is 0 Å². The molecule has 2 aromatic rings. The van der Waals surface area contributed by atoms with Gasteiger partial charge in [-0.15, -0.1) is 0 Å². The lowest BCUT2D eigenvalue weighted by Crippen LogP contribution is -2.50. The summed E-state index contributed by atoms with van der Waals surface area (Å²) in [5.41, 5.74) is 0. The molecule has 150 valence electrons. The molecular formula is C19H23F2N5O2. The van der Waals surface area contributed by atoms with Gasteiger partial charge in [-0.1, -0.05) is 0 Å². The lowest BCUT2D eigenvalue weighted by Gasteiger charge is -2.35. The number of halogens is 2. The predicted molar refractivity (Wildman–Crippen MR) is 100 cm³/mol. The lowest BCUT2D eigenvalue weighted by molar-refractivity contribution is -0.122. The first kappa shape index (κ1) is 19.9. The predicted octanol–water partition coefficient (Wildman–Crippen LogP) is 2.19. The zero-order chi connectivity index (χ0) is 20.1. The van der Waals surface area contributed by atoms with E-state index in [1.54, 1.807) is 6.07 Å². The van der Waals surface area contributed by atoms with Gasteiger partial charge in [0.25, 0.3) is 0 Å². The number of anilines is 1. The summed E-state index contributed by atoms with van der Waals surface area (Å²) in [5.74, 6) is -0.814. The number of hydrogen-bond acceptors (Lipinski definition) is 6. The number of piperazine rings is 1. The van der Waals surface area contributed by atoms with Crippen LogP contribution in [0.5, 0.6) is 11.6 Å². The van der Waals surface area contributed by atoms with Gasteiger partial charge in [0.15, 0.2) is 11.6 Å². The minimum absolute atomic E-state index is 0.0210. The lowest BCUT2D eigenvalue weighted by atomic mass is 10.3. The summed E-state index contributed by atoms with van der Waals surface area (Å²) in [7, 11) is 0. The fraction of sp³-hybridized carbons (Fsp3) is 0.421. The van der Waals surface area contributed by atoms with Crippen molar-refractivity contribution in [2.24, 2.45) is 0 Å². The number of carbonyl (C=O) groups is 1. The van der Waals surface area contributed by atoms with Crippen LogP contribution in [0.1, 0.15) is 13.8 Å². The number of amides is 1. The van der Waals surface area contributed by atoms with E-state index < -0.39 is 11.6 Å². The molecule has 1 N–H and O–H groups in total. The van der Waals surface area contributed by atoms with Crippen molar-refractivity contribution in [1.82, 2.24) is 20.2 Å². The summed E-state index contributed by atoms with van der Waals surface area (Å²) in [6.07, 6.45) is 1.37. The summed E-state index contributed by atoms with van der Waals surface area (Å²) in [5, 5.41) is 2.89. The molecule has 1 aliphatic heterocycles. The normalized spacial score (nSPS) is 15.0. The van der Waals surface area contributed by atoms with E-state index in [4.69, 9.17) is 4.74 Å². The number of hydrogen-bond donors (Lipinski definition) is 1. The van der Waals surface area contributed by atoms with Gasteiger partial charge in [0.2, 0.25) is 11.8 Å². The van der Waals surface area contributed by atoms with Crippen LogP contribution in [0.25, 0.3) is 0 Å². The SMILES string of the molecule is CC(C)NC(=O)CN1CCN(c2cc(Oc3ccc(F)c(F)c3)ncn2)CC1. The van der Waals surface area contributed by atoms with Crippen LogP contribution in [0.3, 0.4) is 0 Å². The fourth-order valence-corrected chi connectivity index (χ4v) is 2.93. The van der Waals surface area contributed by atoms with E-state index in [-0.39, 0.29) is 23.6 Å². The van der Waals surface area contributed by atoms with Gasteiger partial charge in [-0.2, -0.15) is 0 Å². The van der Waals surface area contributed by atoms with E-state index in [9.17, 15) is 13.6 Å². The quantitative estimate of drug-likeness (QED) is 0.814. The van der Waals surface area contributed by atoms with Gasteiger partial charge in [-0.05, 0) is 26.0 Å². The molecule has 1 fully saturated rings. The van der Waals surface area contributed by atoms with Gasteiger partial charge < -0.3 is 15.0 Å². The molecule has 1 amide bonds. The molecule has 0 aliphatic carbocycles. The zero-order valence-electron chi connectivity index (χ0n) is 15.9. The van der Waals surface area contributed by atoms with Crippen LogP contribution in [0.2, 0.25) is 0 Å². The zero-order valence-corrected chi connectivity index (χ0v) is 15.9. The van der Waals surface area contributed by atoms with Crippen LogP contribution in [0.4, 0.5) is 14.6 Å². The molecule has 0 bridgehead atoms. The standard InChI is InChI=1S/C19H23F2N5O2/c1-13(2)24-18(27)11-25-5-7-26(8-6-25)17-10-19(23-12-22-17)28-14-3-4-15(20)16(21)9-14/h3-4,9-10,12-13H,5-8,11H2,1-2H3,(H,24,27). The Morgan fingerprint density at radius 2 is 1.89 bits per heavy atom. The molecule has 2 heterocycles. The topological polar surface area (TPSA) is 70.6 Å². The Labute approximate surface area is 162 Å². The highest BCUT2D eigenvalue weighted by atomic mass is 19.2. The maximum absolute atomic E-state index is 13.3. The van der Waals surface area contributed by atoms with Crippen LogP contribution in [-0.2, 0) is 4.79 Å². The first-order valence-corrected chi connectivity index (χ1v) is 9.12. The third kappa shape index (κ3) is 5.35. The molecule has 9 heteroatoms. The van der Waals surface area contributed by atoms with E-state index in [1.807, 2.05) is 13.8 Å². The Hall–Kier alpha value is -2.81. The van der Waals surface area contributed by atoms with Crippen LogP contribution in [0.15, 0.2) is 30.6 Å². The Bertz CT molecular complexity index is 826. The Morgan fingerprint density at radius 3 is 2.57 bits per heavy atom. The fourth-order valence-electron chi connectivity index (χ4n) is 2.93. The summed E-state index contributed by atoms with van der Waals surface area (Å²) in [6, 6.07) is 5.09. The molecule has 1 saturated heterocycles. The Morgan fingerprint density at radius 1 is 1.14 bits per heavy atom. The largest absolute Gasteiger partial charge is 0.439 e. The van der Waals surface area contributed by atoms with E-state index in [2.05, 4.69) is 25.1 Å². The summed E-state index contributed by atoms with van der Waals surface area (Å²) < 4.78 is 31.9. The minimum atomic E-state index is -0.982. The van der Waals surface area contributed by atoms with Crippen molar-refractivity contribution in [2.75, 3.05) is 37.6 Å². The number of aromatic nitrogens is 2. The average Bonchev–Trinajstić information content (AvgIpc) is 2.65. The summed E-state index contributed by atoms with van der Waals surface area (Å²) in [4.78, 5) is 24.3. The van der Waals surface area contributed by atoms with E-state index in [0.29, 0.717) is 25.5 Å². The van der Waals surface area contributed by atoms with Gasteiger partial charge in [0.05, 0.1) is 6.54 Å². The molecule has 0 spiro atoms. The molecule has 0 atom stereocenters. The maximum atomic E-state index is 13.3. The minimum Gasteiger partial charge on any atom is -0.439 e. The molecule has 0 radical (unpaired) electrons. The second kappa shape index (κ2) is 8.92. The van der Waals surface area contributed by atoms with Gasteiger partial charge in [0.1, 0.15) is 17.9 Å². The van der Waals surface area contributed by atoms with Crippen LogP contribution in [0, 0.1) is 11.6 Å². The van der Waals surface area contributed by atoms with E-state index in [1.165, 1.54) is 12.4 Å². The Kier molecular flexibility index (Phi) is 6.35. The molecule has 1 aromatic heterocycles. The molecular weight excluding hydrogens is 368 g/mol. The molecule has 28 heavy (non-hydrogen) atoms. The van der Waals surface area contributed by atoms with Gasteiger partial charge in [-0.3, -0.25) is 9.69 Å². The number of benzene rings is 1. The highest BCUT2D eigenvalue weighted by Crippen LogP contribution is 2.24. The highest BCUT2D eigenvalue weighted by Gasteiger charge is 2.20. The molecule has 1 aromatic carbocycles.